The van der Waals surface area contributed by atoms with Gasteiger partial charge in [0.2, 0.25) is 0 Å². The first-order chi connectivity index (χ1) is 6.92. The molecule has 2 heterocycles. The zero-order valence-corrected chi connectivity index (χ0v) is 8.41. The highest BCUT2D eigenvalue weighted by Crippen LogP contribution is 2.29. The van der Waals surface area contributed by atoms with Crippen molar-refractivity contribution in [3.8, 4) is 0 Å². The lowest BCUT2D eigenvalue weighted by Gasteiger charge is -2.01. The minimum atomic E-state index is 1.06. The summed E-state index contributed by atoms with van der Waals surface area (Å²) in [5.74, 6) is 0. The van der Waals surface area contributed by atoms with Gasteiger partial charge in [-0.1, -0.05) is 18.2 Å². The highest BCUT2D eigenvalue weighted by molar-refractivity contribution is 7.13. The molecule has 0 atom stereocenters. The lowest BCUT2D eigenvalue weighted by molar-refractivity contribution is 0.191. The smallest absolute Gasteiger partial charge is 0.161 e. The largest absolute Gasteiger partial charge is 0.416 e. The van der Waals surface area contributed by atoms with Crippen molar-refractivity contribution in [1.29, 1.82) is 0 Å². The van der Waals surface area contributed by atoms with E-state index < -0.39 is 0 Å². The third kappa shape index (κ3) is 0.834. The average molecular weight is 204 g/mol. The summed E-state index contributed by atoms with van der Waals surface area (Å²) in [6, 6.07) is 8.17. The summed E-state index contributed by atoms with van der Waals surface area (Å²) in [4.78, 5) is 6.39. The van der Waals surface area contributed by atoms with Crippen LogP contribution < -0.4 is 4.84 Å². The van der Waals surface area contributed by atoms with Crippen LogP contribution in [0.3, 0.4) is 0 Å². The van der Waals surface area contributed by atoms with E-state index in [0.717, 1.165) is 15.7 Å². The van der Waals surface area contributed by atoms with Gasteiger partial charge in [0, 0.05) is 10.8 Å². The molecule has 0 radical (unpaired) electrons. The van der Waals surface area contributed by atoms with Crippen molar-refractivity contribution in [3.63, 3.8) is 0 Å². The van der Waals surface area contributed by atoms with Crippen molar-refractivity contribution in [2.45, 2.75) is 0 Å². The van der Waals surface area contributed by atoms with E-state index in [0.29, 0.717) is 0 Å². The first kappa shape index (κ1) is 7.82. The Morgan fingerprint density at radius 2 is 2.14 bits per heavy atom. The van der Waals surface area contributed by atoms with Gasteiger partial charge < -0.3 is 4.84 Å². The standard InChI is InChI=1S/C10H8N2OS/c1-13-12-9-5-3-2-4-7(9)8-6-11-14-10(8)12/h2-6H,1H3. The summed E-state index contributed by atoms with van der Waals surface area (Å²) >= 11 is 1.45. The van der Waals surface area contributed by atoms with Gasteiger partial charge in [-0.25, -0.2) is 0 Å². The molecule has 0 bridgehead atoms. The fourth-order valence-corrected chi connectivity index (χ4v) is 2.50. The lowest BCUT2D eigenvalue weighted by atomic mass is 10.2. The molecular formula is C10H8N2OS. The quantitative estimate of drug-likeness (QED) is 0.608. The minimum Gasteiger partial charge on any atom is -0.416 e. The Labute approximate surface area is 84.6 Å². The minimum absolute atomic E-state index is 1.06. The maximum absolute atomic E-state index is 5.33. The molecule has 3 rings (SSSR count). The molecule has 70 valence electrons. The number of benzene rings is 1. The van der Waals surface area contributed by atoms with Crippen molar-refractivity contribution in [2.24, 2.45) is 0 Å². The molecular weight excluding hydrogens is 196 g/mol. The van der Waals surface area contributed by atoms with Gasteiger partial charge in [0.25, 0.3) is 0 Å². The Morgan fingerprint density at radius 1 is 1.29 bits per heavy atom. The van der Waals surface area contributed by atoms with E-state index in [1.165, 1.54) is 16.9 Å². The molecule has 14 heavy (non-hydrogen) atoms. The van der Waals surface area contributed by atoms with Crippen LogP contribution in [-0.4, -0.2) is 16.2 Å². The first-order valence-electron chi connectivity index (χ1n) is 4.30. The van der Waals surface area contributed by atoms with Crippen LogP contribution in [0.15, 0.2) is 30.5 Å². The van der Waals surface area contributed by atoms with E-state index in [2.05, 4.69) is 10.4 Å². The number of hydrogen-bond donors (Lipinski definition) is 0. The monoisotopic (exact) mass is 204 g/mol. The van der Waals surface area contributed by atoms with E-state index in [9.17, 15) is 0 Å². The molecule has 0 aliphatic heterocycles. The molecule has 3 aromatic rings. The van der Waals surface area contributed by atoms with Gasteiger partial charge in [0.05, 0.1) is 11.7 Å². The van der Waals surface area contributed by atoms with Gasteiger partial charge in [-0.05, 0) is 17.6 Å². The van der Waals surface area contributed by atoms with E-state index in [-0.39, 0.29) is 0 Å². The highest BCUT2D eigenvalue weighted by Gasteiger charge is 2.11. The fraction of sp³-hybridized carbons (Fsp3) is 0.100. The Bertz CT molecular complexity index is 596. The maximum Gasteiger partial charge on any atom is 0.161 e. The topological polar surface area (TPSA) is 27.1 Å². The molecule has 3 nitrogen and oxygen atoms in total. The Balaban J connectivity index is 2.62. The van der Waals surface area contributed by atoms with Gasteiger partial charge in [-0.3, -0.25) is 0 Å². The second-order valence-corrected chi connectivity index (χ2v) is 3.82. The van der Waals surface area contributed by atoms with Gasteiger partial charge in [-0.15, -0.1) is 0 Å². The maximum atomic E-state index is 5.33. The molecule has 0 N–H and O–H groups in total. The Hall–Kier alpha value is -1.55. The van der Waals surface area contributed by atoms with E-state index in [1.54, 1.807) is 7.11 Å². The predicted octanol–water partition coefficient (Wildman–Crippen LogP) is 2.31. The summed E-state index contributed by atoms with van der Waals surface area (Å²) in [7, 11) is 1.67. The molecule has 0 unspecified atom stereocenters. The number of nitrogens with zero attached hydrogens (tertiary/aromatic N) is 2. The summed E-state index contributed by atoms with van der Waals surface area (Å²) in [5.41, 5.74) is 1.10. The lowest BCUT2D eigenvalue weighted by Crippen LogP contribution is -2.03. The van der Waals surface area contributed by atoms with Crippen molar-refractivity contribution >= 4 is 32.7 Å². The SMILES string of the molecule is COn1c2ccccc2c2cnsc21. The van der Waals surface area contributed by atoms with Crippen molar-refractivity contribution < 1.29 is 4.84 Å². The molecule has 0 fully saturated rings. The molecule has 0 amide bonds. The Morgan fingerprint density at radius 3 is 3.00 bits per heavy atom. The third-order valence-electron chi connectivity index (χ3n) is 2.33. The summed E-state index contributed by atoms with van der Waals surface area (Å²) in [6.45, 7) is 0. The molecule has 0 aliphatic carbocycles. The van der Waals surface area contributed by atoms with E-state index >= 15 is 0 Å². The summed E-state index contributed by atoms with van der Waals surface area (Å²) in [5, 5.41) is 2.35. The van der Waals surface area contributed by atoms with Crippen LogP contribution in [0.4, 0.5) is 0 Å². The van der Waals surface area contributed by atoms with Crippen molar-refractivity contribution in [3.05, 3.63) is 30.5 Å². The zero-order chi connectivity index (χ0) is 9.54. The Kier molecular flexibility index (Phi) is 1.52. The second-order valence-electron chi connectivity index (χ2n) is 3.04. The molecule has 1 aromatic carbocycles. The highest BCUT2D eigenvalue weighted by atomic mass is 32.1. The molecule has 2 aromatic heterocycles. The molecule has 0 saturated heterocycles. The van der Waals surface area contributed by atoms with Crippen molar-refractivity contribution in [2.75, 3.05) is 7.11 Å². The number of para-hydroxylation sites is 1. The third-order valence-corrected chi connectivity index (χ3v) is 3.10. The first-order valence-corrected chi connectivity index (χ1v) is 5.07. The van der Waals surface area contributed by atoms with Crippen LogP contribution in [0, 0.1) is 0 Å². The summed E-state index contributed by atoms with van der Waals surface area (Å²) < 4.78 is 5.98. The van der Waals surface area contributed by atoms with Crippen LogP contribution in [0.2, 0.25) is 0 Å². The summed E-state index contributed by atoms with van der Waals surface area (Å²) in [6.07, 6.45) is 1.89. The second kappa shape index (κ2) is 2.72. The van der Waals surface area contributed by atoms with Crippen LogP contribution >= 0.6 is 11.5 Å². The normalized spacial score (nSPS) is 11.2. The van der Waals surface area contributed by atoms with Gasteiger partial charge in [0.15, 0.2) is 4.83 Å². The molecule has 0 spiro atoms. The van der Waals surface area contributed by atoms with E-state index in [1.807, 2.05) is 29.1 Å². The number of hydrogen-bond acceptors (Lipinski definition) is 3. The van der Waals surface area contributed by atoms with Gasteiger partial charge in [-0.2, -0.15) is 9.10 Å². The molecule has 4 heteroatoms. The van der Waals surface area contributed by atoms with Crippen LogP contribution in [0.1, 0.15) is 0 Å². The molecule has 0 saturated carbocycles. The zero-order valence-electron chi connectivity index (χ0n) is 7.60. The number of rotatable bonds is 1. The van der Waals surface area contributed by atoms with Crippen LogP contribution in [0.25, 0.3) is 21.1 Å². The average Bonchev–Trinajstić information content (AvgIpc) is 2.77. The van der Waals surface area contributed by atoms with Gasteiger partial charge in [0.1, 0.15) is 7.11 Å². The van der Waals surface area contributed by atoms with Crippen LogP contribution in [0.5, 0.6) is 0 Å². The number of fused-ring (bicyclic) bond motifs is 3. The number of aromatic nitrogens is 2. The van der Waals surface area contributed by atoms with Crippen molar-refractivity contribution in [1.82, 2.24) is 9.10 Å². The molecule has 0 aliphatic rings. The predicted molar refractivity (Wildman–Crippen MR) is 57.6 cm³/mol. The fourth-order valence-electron chi connectivity index (χ4n) is 1.73. The van der Waals surface area contributed by atoms with Gasteiger partial charge >= 0.3 is 0 Å². The van der Waals surface area contributed by atoms with E-state index in [4.69, 9.17) is 4.84 Å². The van der Waals surface area contributed by atoms with Crippen LogP contribution in [-0.2, 0) is 0 Å².